The largest absolute Gasteiger partial charge is 0.374 e. The second-order valence-corrected chi connectivity index (χ2v) is 7.74. The van der Waals surface area contributed by atoms with Crippen molar-refractivity contribution in [2.24, 2.45) is 0 Å². The Hall–Kier alpha value is -2.42. The summed E-state index contributed by atoms with van der Waals surface area (Å²) < 4.78 is 13.0. The molecule has 2 heteroatoms. The van der Waals surface area contributed by atoms with E-state index in [2.05, 4.69) is 67.2 Å². The summed E-state index contributed by atoms with van der Waals surface area (Å²) in [4.78, 5) is 0. The van der Waals surface area contributed by atoms with Crippen molar-refractivity contribution in [2.45, 2.75) is 31.5 Å². The van der Waals surface area contributed by atoms with Crippen molar-refractivity contribution in [2.75, 3.05) is 13.2 Å². The first-order valence-electron chi connectivity index (χ1n) is 9.74. The van der Waals surface area contributed by atoms with E-state index in [-0.39, 0.29) is 6.10 Å². The highest BCUT2D eigenvalue weighted by molar-refractivity contribution is 6.03. The Morgan fingerprint density at radius 3 is 2.56 bits per heavy atom. The first kappa shape index (κ1) is 16.7. The van der Waals surface area contributed by atoms with Gasteiger partial charge in [0.1, 0.15) is 5.60 Å². The molecule has 1 heterocycles. The minimum Gasteiger partial charge on any atom is -0.374 e. The molecule has 2 nitrogen and oxygen atoms in total. The molecule has 0 aromatic heterocycles. The number of hydrogen-bond acceptors (Lipinski definition) is 2. The monoisotopic (exact) mass is 356 g/mol. The van der Waals surface area contributed by atoms with Gasteiger partial charge in [-0.1, -0.05) is 72.8 Å². The SMILES string of the molecule is C=C(C)COC1(C2CCCO2)c2ccccc2-c2cccc3cccc1c23. The molecule has 2 unspecified atom stereocenters. The van der Waals surface area contributed by atoms with E-state index in [1.807, 2.05) is 6.92 Å². The van der Waals surface area contributed by atoms with E-state index in [1.165, 1.54) is 33.0 Å². The molecular formula is C25H24O2. The minimum absolute atomic E-state index is 0.0111. The average molecular weight is 356 g/mol. The highest BCUT2D eigenvalue weighted by Crippen LogP contribution is 2.53. The Morgan fingerprint density at radius 1 is 1.04 bits per heavy atom. The summed E-state index contributed by atoms with van der Waals surface area (Å²) >= 11 is 0. The van der Waals surface area contributed by atoms with Crippen molar-refractivity contribution < 1.29 is 9.47 Å². The lowest BCUT2D eigenvalue weighted by molar-refractivity contribution is -0.102. The van der Waals surface area contributed by atoms with Crippen molar-refractivity contribution in [3.8, 4) is 11.1 Å². The van der Waals surface area contributed by atoms with Crippen LogP contribution in [0.25, 0.3) is 21.9 Å². The van der Waals surface area contributed by atoms with Gasteiger partial charge in [0.15, 0.2) is 0 Å². The molecule has 0 saturated carbocycles. The molecule has 0 amide bonds. The predicted molar refractivity (Wildman–Crippen MR) is 110 cm³/mol. The molecule has 2 atom stereocenters. The molecule has 1 saturated heterocycles. The van der Waals surface area contributed by atoms with E-state index in [0.717, 1.165) is 25.0 Å². The van der Waals surface area contributed by atoms with Crippen LogP contribution in [0.1, 0.15) is 30.9 Å². The quantitative estimate of drug-likeness (QED) is 0.547. The van der Waals surface area contributed by atoms with Crippen LogP contribution in [-0.2, 0) is 15.1 Å². The smallest absolute Gasteiger partial charge is 0.146 e. The summed E-state index contributed by atoms with van der Waals surface area (Å²) in [6.45, 7) is 7.42. The van der Waals surface area contributed by atoms with Crippen LogP contribution in [-0.4, -0.2) is 19.3 Å². The summed E-state index contributed by atoms with van der Waals surface area (Å²) in [6.07, 6.45) is 2.09. The molecule has 0 N–H and O–H groups in total. The summed E-state index contributed by atoms with van der Waals surface area (Å²) in [7, 11) is 0. The van der Waals surface area contributed by atoms with Crippen LogP contribution in [0, 0.1) is 0 Å². The van der Waals surface area contributed by atoms with Crippen LogP contribution in [0.15, 0.2) is 72.8 Å². The van der Waals surface area contributed by atoms with Crippen molar-refractivity contribution in [1.82, 2.24) is 0 Å². The van der Waals surface area contributed by atoms with Crippen LogP contribution in [0.5, 0.6) is 0 Å². The van der Waals surface area contributed by atoms with E-state index in [1.54, 1.807) is 0 Å². The molecule has 1 aliphatic carbocycles. The Bertz CT molecular complexity index is 1020. The maximum Gasteiger partial charge on any atom is 0.146 e. The van der Waals surface area contributed by atoms with Gasteiger partial charge >= 0.3 is 0 Å². The van der Waals surface area contributed by atoms with Gasteiger partial charge in [-0.15, -0.1) is 0 Å². The molecular weight excluding hydrogens is 332 g/mol. The van der Waals surface area contributed by atoms with Gasteiger partial charge in [-0.3, -0.25) is 0 Å². The molecule has 1 aliphatic heterocycles. The topological polar surface area (TPSA) is 18.5 Å². The highest BCUT2D eigenvalue weighted by Gasteiger charge is 2.49. The fourth-order valence-electron chi connectivity index (χ4n) is 4.79. The molecule has 27 heavy (non-hydrogen) atoms. The lowest BCUT2D eigenvalue weighted by Crippen LogP contribution is -2.45. The van der Waals surface area contributed by atoms with Crippen molar-refractivity contribution in [3.05, 3.63) is 83.9 Å². The van der Waals surface area contributed by atoms with Crippen molar-refractivity contribution >= 4 is 10.8 Å². The van der Waals surface area contributed by atoms with Crippen LogP contribution in [0.3, 0.4) is 0 Å². The molecule has 3 aromatic rings. The fourth-order valence-corrected chi connectivity index (χ4v) is 4.79. The zero-order valence-corrected chi connectivity index (χ0v) is 15.7. The maximum absolute atomic E-state index is 6.76. The minimum atomic E-state index is -0.597. The van der Waals surface area contributed by atoms with Crippen LogP contribution in [0.2, 0.25) is 0 Å². The molecule has 0 radical (unpaired) electrons. The van der Waals surface area contributed by atoms with Gasteiger partial charge in [-0.2, -0.15) is 0 Å². The summed E-state index contributed by atoms with van der Waals surface area (Å²) in [5.41, 5.74) is 5.40. The number of benzene rings is 3. The zero-order valence-electron chi connectivity index (χ0n) is 15.7. The molecule has 1 fully saturated rings. The average Bonchev–Trinajstić information content (AvgIpc) is 3.23. The third-order valence-corrected chi connectivity index (χ3v) is 5.85. The van der Waals surface area contributed by atoms with Gasteiger partial charge in [-0.25, -0.2) is 0 Å². The summed E-state index contributed by atoms with van der Waals surface area (Å²) in [5, 5.41) is 2.54. The molecule has 3 aromatic carbocycles. The van der Waals surface area contributed by atoms with Gasteiger partial charge in [0.2, 0.25) is 0 Å². The predicted octanol–water partition coefficient (Wildman–Crippen LogP) is 5.84. The van der Waals surface area contributed by atoms with E-state index < -0.39 is 5.60 Å². The Morgan fingerprint density at radius 2 is 1.78 bits per heavy atom. The third-order valence-electron chi connectivity index (χ3n) is 5.85. The Labute approximate surface area is 160 Å². The number of ether oxygens (including phenoxy) is 2. The number of fused-ring (bicyclic) bond motifs is 2. The first-order valence-corrected chi connectivity index (χ1v) is 9.74. The van der Waals surface area contributed by atoms with E-state index in [0.29, 0.717) is 6.61 Å². The van der Waals surface area contributed by atoms with E-state index in [4.69, 9.17) is 9.47 Å². The van der Waals surface area contributed by atoms with Gasteiger partial charge in [0.05, 0.1) is 12.7 Å². The third kappa shape index (κ3) is 2.40. The second kappa shape index (κ2) is 6.33. The van der Waals surface area contributed by atoms with Gasteiger partial charge in [0.25, 0.3) is 0 Å². The standard InChI is InChI=1S/C25H24O2/c1-17(2)16-27-25(23-14-7-15-26-23)21-12-4-3-10-19(21)20-11-5-8-18-9-6-13-22(25)24(18)20/h3-6,8-13,23H,1,7,14-16H2,2H3. The van der Waals surface area contributed by atoms with Crippen molar-refractivity contribution in [3.63, 3.8) is 0 Å². The van der Waals surface area contributed by atoms with Crippen LogP contribution >= 0.6 is 0 Å². The fraction of sp³-hybridized carbons (Fsp3) is 0.280. The van der Waals surface area contributed by atoms with Gasteiger partial charge in [-0.05, 0) is 52.8 Å². The van der Waals surface area contributed by atoms with E-state index in [9.17, 15) is 0 Å². The van der Waals surface area contributed by atoms with E-state index >= 15 is 0 Å². The van der Waals surface area contributed by atoms with Crippen LogP contribution in [0.4, 0.5) is 0 Å². The van der Waals surface area contributed by atoms with Gasteiger partial charge < -0.3 is 9.47 Å². The Balaban J connectivity index is 1.88. The Kier molecular flexibility index (Phi) is 3.92. The number of rotatable bonds is 4. The first-order chi connectivity index (χ1) is 13.2. The highest BCUT2D eigenvalue weighted by atomic mass is 16.6. The molecule has 2 aliphatic rings. The normalized spacial score (nSPS) is 23.4. The zero-order chi connectivity index (χ0) is 18.4. The second-order valence-electron chi connectivity index (χ2n) is 7.74. The lowest BCUT2D eigenvalue weighted by atomic mass is 9.70. The summed E-state index contributed by atoms with van der Waals surface area (Å²) in [6, 6.07) is 21.8. The number of hydrogen-bond donors (Lipinski definition) is 0. The van der Waals surface area contributed by atoms with Crippen LogP contribution < -0.4 is 0 Å². The molecule has 136 valence electrons. The van der Waals surface area contributed by atoms with Crippen molar-refractivity contribution in [1.29, 1.82) is 0 Å². The summed E-state index contributed by atoms with van der Waals surface area (Å²) in [5.74, 6) is 0. The van der Waals surface area contributed by atoms with Gasteiger partial charge in [0, 0.05) is 6.61 Å². The molecule has 0 bridgehead atoms. The molecule has 0 spiro atoms. The molecule has 5 rings (SSSR count). The lowest BCUT2D eigenvalue weighted by Gasteiger charge is -2.44. The maximum atomic E-state index is 6.76.